The molecule has 8 heteroatoms. The fourth-order valence-corrected chi connectivity index (χ4v) is 1.52. The molecule has 4 N–H and O–H groups in total. The molecular formula is C10H10N6O2+2. The van der Waals surface area contributed by atoms with Crippen LogP contribution in [-0.2, 0) is 0 Å². The van der Waals surface area contributed by atoms with Gasteiger partial charge in [0.2, 0.25) is 21.9 Å². The van der Waals surface area contributed by atoms with Crippen LogP contribution < -0.4 is 20.8 Å². The molecule has 0 aliphatic rings. The number of hydrogen-bond donors (Lipinski definition) is 2. The van der Waals surface area contributed by atoms with Gasteiger partial charge in [-0.3, -0.25) is 9.05 Å². The highest BCUT2D eigenvalue weighted by atomic mass is 16.5. The minimum atomic E-state index is 0.248. The average Bonchev–Trinajstić information content (AvgIpc) is 2.98. The van der Waals surface area contributed by atoms with E-state index in [-0.39, 0.29) is 11.8 Å². The Morgan fingerprint density at radius 3 is 1.44 bits per heavy atom. The number of hydrogen-bond acceptors (Lipinski definition) is 6. The Bertz CT molecular complexity index is 613. The molecule has 0 aliphatic carbocycles. The van der Waals surface area contributed by atoms with E-state index >= 15 is 0 Å². The summed E-state index contributed by atoms with van der Waals surface area (Å²) in [5, 5.41) is 7.50. The lowest BCUT2D eigenvalue weighted by molar-refractivity contribution is -0.673. The van der Waals surface area contributed by atoms with Crippen LogP contribution in [0.4, 0.5) is 11.8 Å². The molecular weight excluding hydrogens is 236 g/mol. The molecule has 0 fully saturated rings. The summed E-state index contributed by atoms with van der Waals surface area (Å²) < 4.78 is 12.6. The fraction of sp³-hybridized carbons (Fsp3) is 0. The Hall–Kier alpha value is -2.90. The molecule has 2 aromatic heterocycles. The molecule has 0 amide bonds. The first kappa shape index (κ1) is 10.3. The van der Waals surface area contributed by atoms with E-state index < -0.39 is 0 Å². The molecule has 90 valence electrons. The standard InChI is InChI=1S/C10H10N6O2/c11-9-5-15(13-17-9)7-1-2-8(4-3-7)16-6-10(12)18-14-16/h1-6H,11-12H2/q+2. The van der Waals surface area contributed by atoms with Crippen molar-refractivity contribution in [3.63, 3.8) is 0 Å². The monoisotopic (exact) mass is 246 g/mol. The van der Waals surface area contributed by atoms with Crippen LogP contribution in [0.5, 0.6) is 0 Å². The molecule has 18 heavy (non-hydrogen) atoms. The summed E-state index contributed by atoms with van der Waals surface area (Å²) in [4.78, 5) is 0. The van der Waals surface area contributed by atoms with Gasteiger partial charge in [-0.25, -0.2) is 0 Å². The third kappa shape index (κ3) is 1.75. The normalized spacial score (nSPS) is 10.7. The Labute approximate surface area is 101 Å². The molecule has 0 bridgehead atoms. The molecule has 3 rings (SSSR count). The van der Waals surface area contributed by atoms with Gasteiger partial charge in [-0.15, -0.1) is 0 Å². The molecule has 0 unspecified atom stereocenters. The highest BCUT2D eigenvalue weighted by molar-refractivity contribution is 5.31. The summed E-state index contributed by atoms with van der Waals surface area (Å²) in [6, 6.07) is 7.37. The second-order valence-electron chi connectivity index (χ2n) is 3.61. The van der Waals surface area contributed by atoms with Crippen LogP contribution in [0.3, 0.4) is 0 Å². The van der Waals surface area contributed by atoms with E-state index in [1.54, 1.807) is 12.4 Å². The molecule has 0 saturated carbocycles. The third-order valence-corrected chi connectivity index (χ3v) is 2.35. The maximum absolute atomic E-state index is 5.45. The SMILES string of the molecule is Nc1c[n+](-c2ccc(-[n+]3cc(N)on3)cc2)no1. The summed E-state index contributed by atoms with van der Waals surface area (Å²) in [6.45, 7) is 0. The van der Waals surface area contributed by atoms with Crippen LogP contribution in [0.1, 0.15) is 0 Å². The van der Waals surface area contributed by atoms with Gasteiger partial charge in [-0.2, -0.15) is 0 Å². The van der Waals surface area contributed by atoms with Gasteiger partial charge >= 0.3 is 0 Å². The van der Waals surface area contributed by atoms with Gasteiger partial charge in [0.15, 0.2) is 0 Å². The lowest BCUT2D eigenvalue weighted by atomic mass is 10.3. The summed E-state index contributed by atoms with van der Waals surface area (Å²) in [6.07, 6.45) is 3.16. The van der Waals surface area contributed by atoms with E-state index in [4.69, 9.17) is 20.5 Å². The van der Waals surface area contributed by atoms with Gasteiger partial charge in [0.05, 0.1) is 0 Å². The lowest BCUT2D eigenvalue weighted by Crippen LogP contribution is -2.33. The van der Waals surface area contributed by atoms with Crippen LogP contribution in [0.2, 0.25) is 0 Å². The van der Waals surface area contributed by atoms with Crippen molar-refractivity contribution in [1.29, 1.82) is 0 Å². The summed E-state index contributed by atoms with van der Waals surface area (Å²) in [5.41, 5.74) is 12.5. The number of aromatic nitrogens is 4. The molecule has 0 spiro atoms. The smallest absolute Gasteiger partial charge is 0.293 e. The van der Waals surface area contributed by atoms with Crippen LogP contribution in [-0.4, -0.2) is 10.5 Å². The molecule has 0 radical (unpaired) electrons. The van der Waals surface area contributed by atoms with Gasteiger partial charge in [0.1, 0.15) is 0 Å². The van der Waals surface area contributed by atoms with Crippen molar-refractivity contribution in [2.24, 2.45) is 0 Å². The minimum Gasteiger partial charge on any atom is -0.362 e. The van der Waals surface area contributed by atoms with Crippen molar-refractivity contribution >= 4 is 11.8 Å². The highest BCUT2D eigenvalue weighted by Gasteiger charge is 2.17. The molecule has 1 aromatic carbocycles. The van der Waals surface area contributed by atoms with Crippen LogP contribution in [0.25, 0.3) is 11.4 Å². The number of nitrogen functional groups attached to an aromatic ring is 2. The first-order chi connectivity index (χ1) is 8.72. The molecule has 0 atom stereocenters. The zero-order valence-electron chi connectivity index (χ0n) is 9.22. The Morgan fingerprint density at radius 1 is 0.778 bits per heavy atom. The van der Waals surface area contributed by atoms with Gasteiger partial charge in [-0.05, 0) is 9.36 Å². The Kier molecular flexibility index (Phi) is 2.19. The Morgan fingerprint density at radius 2 is 1.17 bits per heavy atom. The number of nitrogens with two attached hydrogens (primary N) is 2. The number of anilines is 2. The second-order valence-corrected chi connectivity index (χ2v) is 3.61. The highest BCUT2D eigenvalue weighted by Crippen LogP contribution is 2.05. The fourth-order valence-electron chi connectivity index (χ4n) is 1.52. The summed E-state index contributed by atoms with van der Waals surface area (Å²) >= 11 is 0. The quantitative estimate of drug-likeness (QED) is 0.583. The van der Waals surface area contributed by atoms with E-state index in [2.05, 4.69) is 10.5 Å². The molecule has 0 saturated heterocycles. The van der Waals surface area contributed by atoms with Gasteiger partial charge in [0, 0.05) is 24.3 Å². The zero-order chi connectivity index (χ0) is 12.5. The van der Waals surface area contributed by atoms with Gasteiger partial charge in [-0.1, -0.05) is 0 Å². The zero-order valence-corrected chi connectivity index (χ0v) is 9.22. The molecule has 2 heterocycles. The van der Waals surface area contributed by atoms with Crippen LogP contribution in [0, 0.1) is 0 Å². The van der Waals surface area contributed by atoms with E-state index in [0.717, 1.165) is 11.4 Å². The van der Waals surface area contributed by atoms with Gasteiger partial charge < -0.3 is 11.5 Å². The lowest BCUT2D eigenvalue weighted by Gasteiger charge is -1.87. The van der Waals surface area contributed by atoms with Crippen molar-refractivity contribution in [3.8, 4) is 11.4 Å². The predicted octanol–water partition coefficient (Wildman–Crippen LogP) is -0.620. The number of rotatable bonds is 2. The van der Waals surface area contributed by atoms with Crippen LogP contribution >= 0.6 is 0 Å². The maximum Gasteiger partial charge on any atom is 0.293 e. The minimum absolute atomic E-state index is 0.248. The van der Waals surface area contributed by atoms with Gasteiger partial charge in [0.25, 0.3) is 24.2 Å². The summed E-state index contributed by atoms with van der Waals surface area (Å²) in [5.74, 6) is 0.496. The van der Waals surface area contributed by atoms with Crippen LogP contribution in [0.15, 0.2) is 45.7 Å². The topological polar surface area (TPSA) is 112 Å². The van der Waals surface area contributed by atoms with E-state index in [0.29, 0.717) is 0 Å². The molecule has 3 aromatic rings. The third-order valence-electron chi connectivity index (χ3n) is 2.35. The second kappa shape index (κ2) is 3.84. The maximum atomic E-state index is 5.45. The van der Waals surface area contributed by atoms with Crippen molar-refractivity contribution in [3.05, 3.63) is 36.7 Å². The van der Waals surface area contributed by atoms with Crippen molar-refractivity contribution < 1.29 is 18.4 Å². The molecule has 0 aliphatic heterocycles. The first-order valence-corrected chi connectivity index (χ1v) is 5.11. The van der Waals surface area contributed by atoms with E-state index in [1.807, 2.05) is 24.3 Å². The first-order valence-electron chi connectivity index (χ1n) is 5.11. The van der Waals surface area contributed by atoms with Crippen molar-refractivity contribution in [2.45, 2.75) is 0 Å². The Balaban J connectivity index is 1.94. The van der Waals surface area contributed by atoms with E-state index in [1.165, 1.54) is 9.36 Å². The predicted molar refractivity (Wildman–Crippen MR) is 58.5 cm³/mol. The van der Waals surface area contributed by atoms with Crippen molar-refractivity contribution in [1.82, 2.24) is 10.5 Å². The largest absolute Gasteiger partial charge is 0.362 e. The summed E-state index contributed by atoms with van der Waals surface area (Å²) in [7, 11) is 0. The van der Waals surface area contributed by atoms with E-state index in [9.17, 15) is 0 Å². The average molecular weight is 246 g/mol. The molecule has 8 nitrogen and oxygen atoms in total. The van der Waals surface area contributed by atoms with Crippen molar-refractivity contribution in [2.75, 3.05) is 11.5 Å². The number of nitrogens with zero attached hydrogens (tertiary/aromatic N) is 4. The number of benzene rings is 1.